The maximum absolute atomic E-state index is 12.9. The normalized spacial score (nSPS) is 13.7. The Bertz CT molecular complexity index is 1160. The van der Waals surface area contributed by atoms with E-state index in [0.29, 0.717) is 17.9 Å². The zero-order chi connectivity index (χ0) is 24.1. The highest BCUT2D eigenvalue weighted by Crippen LogP contribution is 2.37. The first-order chi connectivity index (χ1) is 15.5. The van der Waals surface area contributed by atoms with E-state index in [2.05, 4.69) is 45.8 Å². The molecular weight excluding hydrogens is 445 g/mol. The van der Waals surface area contributed by atoms with Gasteiger partial charge >= 0.3 is 7.82 Å². The largest absolute Gasteiger partial charge is 0.466 e. The maximum atomic E-state index is 12.9. The van der Waals surface area contributed by atoms with Crippen LogP contribution in [0, 0.1) is 0 Å². The van der Waals surface area contributed by atoms with Crippen molar-refractivity contribution in [1.29, 1.82) is 0 Å². The third-order valence-corrected chi connectivity index (χ3v) is 4.99. The van der Waals surface area contributed by atoms with Crippen LogP contribution in [0.25, 0.3) is 0 Å². The Hall–Kier alpha value is -3.30. The molecule has 0 radical (unpaired) electrons. The van der Waals surface area contributed by atoms with Gasteiger partial charge in [0.2, 0.25) is 0 Å². The predicted molar refractivity (Wildman–Crippen MR) is 126 cm³/mol. The number of hydrogen-bond acceptors (Lipinski definition) is 6. The Morgan fingerprint density at radius 1 is 1.12 bits per heavy atom. The number of phosphoric acid groups is 1. The van der Waals surface area contributed by atoms with Crippen LogP contribution >= 0.6 is 7.82 Å². The summed E-state index contributed by atoms with van der Waals surface area (Å²) in [7, 11) is -4.64. The summed E-state index contributed by atoms with van der Waals surface area (Å²) >= 11 is 0. The number of rotatable bonds is 5. The van der Waals surface area contributed by atoms with Crippen LogP contribution in [-0.4, -0.2) is 37.1 Å². The molecule has 3 aromatic rings. The van der Waals surface area contributed by atoms with Crippen molar-refractivity contribution < 1.29 is 24.0 Å². The third kappa shape index (κ3) is 7.10. The van der Waals surface area contributed by atoms with E-state index in [1.165, 1.54) is 5.56 Å². The second-order valence-corrected chi connectivity index (χ2v) is 9.10. The molecule has 1 amide bonds. The molecule has 33 heavy (non-hydrogen) atoms. The predicted octanol–water partition coefficient (Wildman–Crippen LogP) is 3.12. The molecule has 3 heterocycles. The second kappa shape index (κ2) is 10.1. The van der Waals surface area contributed by atoms with E-state index in [9.17, 15) is 4.79 Å². The Morgan fingerprint density at radius 2 is 1.82 bits per heavy atom. The molecule has 174 valence electrons. The monoisotopic (exact) mass is 471 g/mol. The molecule has 11 heteroatoms. The molecule has 0 fully saturated rings. The van der Waals surface area contributed by atoms with Gasteiger partial charge < -0.3 is 30.6 Å². The van der Waals surface area contributed by atoms with Crippen molar-refractivity contribution in [3.63, 3.8) is 0 Å². The summed E-state index contributed by atoms with van der Waals surface area (Å²) in [5.41, 5.74) is 4.78. The lowest BCUT2D eigenvalue weighted by Crippen LogP contribution is -2.18. The Balaban J connectivity index is 0.000000555. The highest BCUT2D eigenvalue weighted by Gasteiger charge is 2.29. The summed E-state index contributed by atoms with van der Waals surface area (Å²) < 4.78 is 8.88. The molecule has 2 aromatic heterocycles. The molecule has 0 bridgehead atoms. The van der Waals surface area contributed by atoms with Crippen LogP contribution in [-0.2, 0) is 16.5 Å². The minimum atomic E-state index is -4.64. The molecular formula is C22H26N5O5P. The first kappa shape index (κ1) is 24.3. The Morgan fingerprint density at radius 3 is 2.52 bits per heavy atom. The van der Waals surface area contributed by atoms with E-state index in [1.807, 2.05) is 24.3 Å². The van der Waals surface area contributed by atoms with E-state index < -0.39 is 7.82 Å². The van der Waals surface area contributed by atoms with Crippen LogP contribution in [0.4, 0.5) is 17.2 Å². The first-order valence-electron chi connectivity index (χ1n) is 10.1. The lowest BCUT2D eigenvalue weighted by atomic mass is 9.87. The van der Waals surface area contributed by atoms with Gasteiger partial charge in [0, 0.05) is 48.5 Å². The topological polar surface area (TPSA) is 157 Å². The fourth-order valence-corrected chi connectivity index (χ4v) is 3.38. The van der Waals surface area contributed by atoms with Crippen molar-refractivity contribution in [2.45, 2.75) is 25.8 Å². The molecule has 1 aromatic carbocycles. The molecule has 0 saturated carbocycles. The number of hydrogen-bond donors (Lipinski definition) is 6. The second-order valence-electron chi connectivity index (χ2n) is 8.07. The molecule has 1 aliphatic rings. The third-order valence-electron chi connectivity index (χ3n) is 4.99. The molecule has 1 aliphatic heterocycles. The summed E-state index contributed by atoms with van der Waals surface area (Å²) in [6.45, 7) is 5.88. The van der Waals surface area contributed by atoms with Gasteiger partial charge in [-0.25, -0.2) is 9.55 Å². The van der Waals surface area contributed by atoms with Gasteiger partial charge in [-0.3, -0.25) is 9.78 Å². The molecule has 0 spiro atoms. The van der Waals surface area contributed by atoms with Crippen molar-refractivity contribution >= 4 is 30.9 Å². The number of aromatic nitrogens is 2. The fourth-order valence-electron chi connectivity index (χ4n) is 3.38. The van der Waals surface area contributed by atoms with Crippen LogP contribution in [0.5, 0.6) is 0 Å². The molecule has 4 rings (SSSR count). The fraction of sp³-hybridized carbons (Fsp3) is 0.227. The van der Waals surface area contributed by atoms with Crippen LogP contribution in [0.2, 0.25) is 0 Å². The van der Waals surface area contributed by atoms with Gasteiger partial charge in [-0.2, -0.15) is 0 Å². The van der Waals surface area contributed by atoms with Crippen LogP contribution in [0.3, 0.4) is 0 Å². The van der Waals surface area contributed by atoms with Gasteiger partial charge in [0.1, 0.15) is 5.82 Å². The summed E-state index contributed by atoms with van der Waals surface area (Å²) in [5, 5.41) is 9.63. The summed E-state index contributed by atoms with van der Waals surface area (Å²) in [4.78, 5) is 42.8. The van der Waals surface area contributed by atoms with Gasteiger partial charge in [-0.1, -0.05) is 19.9 Å². The van der Waals surface area contributed by atoms with Crippen molar-refractivity contribution in [3.8, 4) is 0 Å². The first-order valence-corrected chi connectivity index (χ1v) is 11.7. The number of benzene rings is 1. The highest BCUT2D eigenvalue weighted by molar-refractivity contribution is 7.45. The zero-order valence-corrected chi connectivity index (χ0v) is 19.1. The van der Waals surface area contributed by atoms with Crippen molar-refractivity contribution in [2.75, 3.05) is 22.5 Å². The lowest BCUT2D eigenvalue weighted by molar-refractivity contribution is 0.102. The number of nitrogens with zero attached hydrogens (tertiary/aromatic N) is 2. The van der Waals surface area contributed by atoms with Gasteiger partial charge in [0.25, 0.3) is 5.91 Å². The van der Waals surface area contributed by atoms with Gasteiger partial charge in [-0.15, -0.1) is 0 Å². The number of pyridine rings is 2. The minimum absolute atomic E-state index is 0.102. The van der Waals surface area contributed by atoms with E-state index in [4.69, 9.17) is 19.2 Å². The van der Waals surface area contributed by atoms with Gasteiger partial charge in [-0.05, 0) is 47.5 Å². The summed E-state index contributed by atoms with van der Waals surface area (Å²) in [6.07, 6.45) is 5.16. The SMILES string of the molecule is CC1(C)CNc2cc(NC(=O)c3cccnc3NCc3ccncc3)ccc21.O=P(O)(O)O. The van der Waals surface area contributed by atoms with E-state index in [1.54, 1.807) is 30.7 Å². The molecule has 0 unspecified atom stereocenters. The molecule has 0 atom stereocenters. The number of amides is 1. The van der Waals surface area contributed by atoms with E-state index in [-0.39, 0.29) is 11.3 Å². The van der Waals surface area contributed by atoms with Crippen LogP contribution < -0.4 is 16.0 Å². The minimum Gasteiger partial charge on any atom is -0.384 e. The molecule has 10 nitrogen and oxygen atoms in total. The Labute approximate surface area is 191 Å². The standard InChI is InChI=1S/C22H23N5O.H3O4P/c1-22(2)14-26-19-12-16(5-6-18(19)22)27-21(28)17-4-3-9-24-20(17)25-13-15-7-10-23-11-8-15;1-5(2,3)4/h3-12,26H,13-14H2,1-2H3,(H,24,25)(H,27,28);(H3,1,2,3,4). The number of nitrogens with one attached hydrogen (secondary N) is 3. The molecule has 0 aliphatic carbocycles. The lowest BCUT2D eigenvalue weighted by Gasteiger charge is -2.17. The van der Waals surface area contributed by atoms with Crippen LogP contribution in [0.1, 0.15) is 35.3 Å². The quantitative estimate of drug-likeness (QED) is 0.308. The van der Waals surface area contributed by atoms with Crippen molar-refractivity contribution in [1.82, 2.24) is 9.97 Å². The zero-order valence-electron chi connectivity index (χ0n) is 18.2. The van der Waals surface area contributed by atoms with Gasteiger partial charge in [0.05, 0.1) is 5.56 Å². The highest BCUT2D eigenvalue weighted by atomic mass is 31.2. The average Bonchev–Trinajstić information content (AvgIpc) is 3.06. The molecule has 6 N–H and O–H groups in total. The van der Waals surface area contributed by atoms with Crippen molar-refractivity contribution in [3.05, 3.63) is 77.7 Å². The smallest absolute Gasteiger partial charge is 0.384 e. The average molecular weight is 471 g/mol. The van der Waals surface area contributed by atoms with Crippen molar-refractivity contribution in [2.24, 2.45) is 0 Å². The Kier molecular flexibility index (Phi) is 7.45. The maximum Gasteiger partial charge on any atom is 0.466 e. The van der Waals surface area contributed by atoms with Crippen LogP contribution in [0.15, 0.2) is 61.1 Å². The van der Waals surface area contributed by atoms with E-state index >= 15 is 0 Å². The number of anilines is 3. The van der Waals surface area contributed by atoms with E-state index in [0.717, 1.165) is 23.5 Å². The van der Waals surface area contributed by atoms with Gasteiger partial charge in [0.15, 0.2) is 0 Å². The number of carbonyl (C=O) groups is 1. The number of fused-ring (bicyclic) bond motifs is 1. The molecule has 0 saturated heterocycles. The number of carbonyl (C=O) groups excluding carboxylic acids is 1. The summed E-state index contributed by atoms with van der Waals surface area (Å²) in [6, 6.07) is 13.4. The summed E-state index contributed by atoms with van der Waals surface area (Å²) in [5.74, 6) is 0.361.